The van der Waals surface area contributed by atoms with Gasteiger partial charge in [-0.2, -0.15) is 5.26 Å². The number of halogens is 1. The third-order valence-corrected chi connectivity index (χ3v) is 2.10. The highest BCUT2D eigenvalue weighted by Crippen LogP contribution is 2.28. The Labute approximate surface area is 72.7 Å². The van der Waals surface area contributed by atoms with E-state index in [1.165, 1.54) is 0 Å². The largest absolute Gasteiger partial charge is 0.300 e. The molecule has 1 saturated heterocycles. The van der Waals surface area contributed by atoms with Crippen molar-refractivity contribution in [1.29, 1.82) is 5.26 Å². The first kappa shape index (κ1) is 8.83. The first-order valence-corrected chi connectivity index (χ1v) is 4.23. The molecule has 0 aromatic carbocycles. The molecule has 62 valence electrons. The first-order chi connectivity index (χ1) is 5.03. The Balaban J connectivity index is 2.20. The van der Waals surface area contributed by atoms with Gasteiger partial charge in [0.15, 0.2) is 0 Å². The molecule has 1 fully saturated rings. The summed E-state index contributed by atoms with van der Waals surface area (Å²) in [4.78, 5) is 2.21. The van der Waals surface area contributed by atoms with Crippen LogP contribution in [-0.2, 0) is 0 Å². The van der Waals surface area contributed by atoms with Crippen molar-refractivity contribution in [2.45, 2.75) is 19.2 Å². The van der Waals surface area contributed by atoms with Crippen LogP contribution in [0.3, 0.4) is 0 Å². The fourth-order valence-corrected chi connectivity index (χ4v) is 1.76. The molecule has 2 nitrogen and oxygen atoms in total. The molecule has 0 spiro atoms. The Morgan fingerprint density at radius 3 is 2.55 bits per heavy atom. The van der Waals surface area contributed by atoms with Crippen LogP contribution in [0.5, 0.6) is 0 Å². The van der Waals surface area contributed by atoms with E-state index in [0.717, 1.165) is 13.1 Å². The maximum absolute atomic E-state index is 8.42. The van der Waals surface area contributed by atoms with Crippen LogP contribution >= 0.6 is 11.6 Å². The number of likely N-dealkylation sites (tertiary alicyclic amines) is 1. The van der Waals surface area contributed by atoms with E-state index in [1.807, 2.05) is 6.07 Å². The molecule has 0 saturated carbocycles. The number of hydrogen-bond donors (Lipinski definition) is 0. The number of rotatable bonds is 2. The number of alkyl halides is 1. The Hall–Kier alpha value is -0.260. The van der Waals surface area contributed by atoms with Gasteiger partial charge >= 0.3 is 0 Å². The molecule has 3 heteroatoms. The lowest BCUT2D eigenvalue weighted by Crippen LogP contribution is -2.54. The minimum Gasteiger partial charge on any atom is -0.300 e. The van der Waals surface area contributed by atoms with E-state index in [-0.39, 0.29) is 5.38 Å². The third kappa shape index (κ3) is 2.36. The van der Waals surface area contributed by atoms with Crippen molar-refractivity contribution in [3.05, 3.63) is 0 Å². The predicted octanol–water partition coefficient (Wildman–Crippen LogP) is 1.46. The van der Waals surface area contributed by atoms with E-state index in [1.54, 1.807) is 0 Å². The molecule has 1 unspecified atom stereocenters. The topological polar surface area (TPSA) is 27.0 Å². The van der Waals surface area contributed by atoms with Gasteiger partial charge in [-0.25, -0.2) is 0 Å². The van der Waals surface area contributed by atoms with Crippen molar-refractivity contribution >= 4 is 11.6 Å². The Morgan fingerprint density at radius 2 is 2.18 bits per heavy atom. The fraction of sp³-hybridized carbons (Fsp3) is 0.875. The van der Waals surface area contributed by atoms with Gasteiger partial charge in [0.25, 0.3) is 0 Å². The second-order valence-electron chi connectivity index (χ2n) is 3.93. The molecule has 1 aliphatic heterocycles. The first-order valence-electron chi connectivity index (χ1n) is 3.79. The monoisotopic (exact) mass is 172 g/mol. The summed E-state index contributed by atoms with van der Waals surface area (Å²) in [5.74, 6) is 0. The molecule has 11 heavy (non-hydrogen) atoms. The summed E-state index contributed by atoms with van der Waals surface area (Å²) < 4.78 is 0. The molecule has 0 amide bonds. The van der Waals surface area contributed by atoms with Crippen LogP contribution in [0.4, 0.5) is 0 Å². The lowest BCUT2D eigenvalue weighted by Gasteiger charge is -2.46. The number of nitrogens with zero attached hydrogens (tertiary/aromatic N) is 2. The molecule has 1 heterocycles. The average Bonchev–Trinajstić information content (AvgIpc) is 1.83. The molecular weight excluding hydrogens is 160 g/mol. The molecule has 1 aliphatic rings. The minimum atomic E-state index is -0.342. The zero-order valence-electron chi connectivity index (χ0n) is 6.97. The number of nitriles is 1. The van der Waals surface area contributed by atoms with E-state index in [9.17, 15) is 0 Å². The molecule has 1 atom stereocenters. The maximum atomic E-state index is 8.42. The molecule has 1 rings (SSSR count). The second-order valence-corrected chi connectivity index (χ2v) is 4.46. The minimum absolute atomic E-state index is 0.342. The predicted molar refractivity (Wildman–Crippen MR) is 45.5 cm³/mol. The standard InChI is InChI=1S/C8H13ClN2/c1-8(2)5-11(6-8)4-7(9)3-10/h7H,4-6H2,1-2H3. The summed E-state index contributed by atoms with van der Waals surface area (Å²) in [6.07, 6.45) is 0. The maximum Gasteiger partial charge on any atom is 0.133 e. The summed E-state index contributed by atoms with van der Waals surface area (Å²) in [6.45, 7) is 7.29. The molecule has 0 aliphatic carbocycles. The van der Waals surface area contributed by atoms with Crippen molar-refractivity contribution in [1.82, 2.24) is 4.90 Å². The summed E-state index contributed by atoms with van der Waals surface area (Å²) >= 11 is 5.66. The zero-order valence-corrected chi connectivity index (χ0v) is 7.73. The second kappa shape index (κ2) is 3.00. The van der Waals surface area contributed by atoms with E-state index in [0.29, 0.717) is 12.0 Å². The summed E-state index contributed by atoms with van der Waals surface area (Å²) in [7, 11) is 0. The SMILES string of the molecule is CC1(C)CN(CC(Cl)C#N)C1. The quantitative estimate of drug-likeness (QED) is 0.590. The van der Waals surface area contributed by atoms with Gasteiger partial charge in [-0.1, -0.05) is 13.8 Å². The highest BCUT2D eigenvalue weighted by atomic mass is 35.5. The Kier molecular flexibility index (Phi) is 2.41. The van der Waals surface area contributed by atoms with Gasteiger partial charge in [0.05, 0.1) is 6.07 Å². The summed E-state index contributed by atoms with van der Waals surface area (Å²) in [5.41, 5.74) is 0.437. The smallest absolute Gasteiger partial charge is 0.133 e. The third-order valence-electron chi connectivity index (χ3n) is 1.86. The van der Waals surface area contributed by atoms with Gasteiger partial charge in [-0.15, -0.1) is 11.6 Å². The average molecular weight is 173 g/mol. The van der Waals surface area contributed by atoms with E-state index in [2.05, 4.69) is 18.7 Å². The highest BCUT2D eigenvalue weighted by molar-refractivity contribution is 6.22. The van der Waals surface area contributed by atoms with Gasteiger partial charge < -0.3 is 0 Å². The van der Waals surface area contributed by atoms with Crippen molar-refractivity contribution in [3.8, 4) is 6.07 Å². The van der Waals surface area contributed by atoms with Gasteiger partial charge in [-0.3, -0.25) is 4.90 Å². The molecule has 0 bridgehead atoms. The van der Waals surface area contributed by atoms with Crippen molar-refractivity contribution in [2.24, 2.45) is 5.41 Å². The van der Waals surface area contributed by atoms with Gasteiger partial charge in [0.2, 0.25) is 0 Å². The number of hydrogen-bond acceptors (Lipinski definition) is 2. The summed E-state index contributed by atoms with van der Waals surface area (Å²) in [5, 5.41) is 8.08. The lowest BCUT2D eigenvalue weighted by atomic mass is 9.84. The normalized spacial score (nSPS) is 25.3. The van der Waals surface area contributed by atoms with Crippen molar-refractivity contribution in [3.63, 3.8) is 0 Å². The van der Waals surface area contributed by atoms with Gasteiger partial charge in [0, 0.05) is 19.6 Å². The van der Waals surface area contributed by atoms with E-state index in [4.69, 9.17) is 16.9 Å². The van der Waals surface area contributed by atoms with Crippen LogP contribution in [0.15, 0.2) is 0 Å². The zero-order chi connectivity index (χ0) is 8.48. The summed E-state index contributed by atoms with van der Waals surface area (Å²) in [6, 6.07) is 2.02. The fourth-order valence-electron chi connectivity index (χ4n) is 1.56. The highest BCUT2D eigenvalue weighted by Gasteiger charge is 2.34. The van der Waals surface area contributed by atoms with E-state index < -0.39 is 0 Å². The van der Waals surface area contributed by atoms with Gasteiger partial charge in [0.1, 0.15) is 5.38 Å². The Morgan fingerprint density at radius 1 is 1.64 bits per heavy atom. The van der Waals surface area contributed by atoms with Gasteiger partial charge in [-0.05, 0) is 5.41 Å². The molecule has 0 radical (unpaired) electrons. The van der Waals surface area contributed by atoms with E-state index >= 15 is 0 Å². The van der Waals surface area contributed by atoms with Crippen LogP contribution in [0, 0.1) is 16.7 Å². The van der Waals surface area contributed by atoms with Crippen LogP contribution in [0.25, 0.3) is 0 Å². The van der Waals surface area contributed by atoms with Crippen LogP contribution in [0.1, 0.15) is 13.8 Å². The van der Waals surface area contributed by atoms with Crippen molar-refractivity contribution < 1.29 is 0 Å². The lowest BCUT2D eigenvalue weighted by molar-refractivity contribution is 0.0341. The van der Waals surface area contributed by atoms with Crippen molar-refractivity contribution in [2.75, 3.05) is 19.6 Å². The van der Waals surface area contributed by atoms with Crippen LogP contribution < -0.4 is 0 Å². The molecule has 0 N–H and O–H groups in total. The molecule has 0 aromatic rings. The van der Waals surface area contributed by atoms with Crippen LogP contribution in [-0.4, -0.2) is 29.9 Å². The molecular formula is C8H13ClN2. The Bertz CT molecular complexity index is 175. The van der Waals surface area contributed by atoms with Crippen LogP contribution in [0.2, 0.25) is 0 Å². The molecule has 0 aromatic heterocycles.